The van der Waals surface area contributed by atoms with Crippen LogP contribution >= 0.6 is 11.3 Å². The van der Waals surface area contributed by atoms with Crippen LogP contribution in [-0.2, 0) is 0 Å². The van der Waals surface area contributed by atoms with Crippen LogP contribution in [0, 0.1) is 0 Å². The lowest BCUT2D eigenvalue weighted by Crippen LogP contribution is -2.44. The van der Waals surface area contributed by atoms with Crippen LogP contribution in [-0.4, -0.2) is 52.4 Å². The maximum atomic E-state index is 12.1. The Hall–Kier alpha value is -2.98. The standard InChI is InChI=1S/C16H18N8OS/c25-16(21-14-8-12(22-23-14)13-2-1-7-26-13)20-11-9-18-15(19-10-11)24-5-3-17-4-6-24/h1-2,7-10,17H,3-6H2,(H3,20,21,22,23,25). The monoisotopic (exact) mass is 370 g/mol. The Kier molecular flexibility index (Phi) is 4.75. The van der Waals surface area contributed by atoms with Crippen LogP contribution in [0.1, 0.15) is 0 Å². The van der Waals surface area contributed by atoms with Crippen LogP contribution in [0.15, 0.2) is 36.0 Å². The van der Waals surface area contributed by atoms with Crippen LogP contribution in [0.2, 0.25) is 0 Å². The first-order chi connectivity index (χ1) is 12.8. The van der Waals surface area contributed by atoms with E-state index in [1.807, 2.05) is 17.5 Å². The van der Waals surface area contributed by atoms with E-state index in [9.17, 15) is 4.79 Å². The third kappa shape index (κ3) is 3.81. The van der Waals surface area contributed by atoms with E-state index in [1.54, 1.807) is 29.8 Å². The highest BCUT2D eigenvalue weighted by molar-refractivity contribution is 7.13. The van der Waals surface area contributed by atoms with Crippen molar-refractivity contribution in [2.75, 3.05) is 41.7 Å². The van der Waals surface area contributed by atoms with Gasteiger partial charge >= 0.3 is 6.03 Å². The van der Waals surface area contributed by atoms with E-state index in [4.69, 9.17) is 0 Å². The van der Waals surface area contributed by atoms with E-state index in [0.29, 0.717) is 17.5 Å². The zero-order chi connectivity index (χ0) is 17.8. The smallest absolute Gasteiger partial charge is 0.324 e. The second kappa shape index (κ2) is 7.50. The quantitative estimate of drug-likeness (QED) is 0.559. The van der Waals surface area contributed by atoms with Gasteiger partial charge in [-0.25, -0.2) is 14.8 Å². The van der Waals surface area contributed by atoms with E-state index in [2.05, 4.69) is 41.0 Å². The number of nitrogens with one attached hydrogen (secondary N) is 4. The van der Waals surface area contributed by atoms with Crippen LogP contribution in [0.5, 0.6) is 0 Å². The van der Waals surface area contributed by atoms with E-state index >= 15 is 0 Å². The number of carbonyl (C=O) groups is 1. The Labute approximate surface area is 153 Å². The van der Waals surface area contributed by atoms with Gasteiger partial charge in [-0.2, -0.15) is 5.10 Å². The molecular formula is C16H18N8OS. The van der Waals surface area contributed by atoms with Gasteiger partial charge in [-0.1, -0.05) is 6.07 Å². The third-order valence-electron chi connectivity index (χ3n) is 3.90. The first kappa shape index (κ1) is 16.5. The van der Waals surface area contributed by atoms with Gasteiger partial charge in [0.05, 0.1) is 28.7 Å². The summed E-state index contributed by atoms with van der Waals surface area (Å²) in [5.74, 6) is 1.12. The number of amides is 2. The van der Waals surface area contributed by atoms with Crippen LogP contribution < -0.4 is 20.9 Å². The number of carbonyl (C=O) groups excluding carboxylic acids is 1. The van der Waals surface area contributed by atoms with Gasteiger partial charge in [0.25, 0.3) is 0 Å². The fourth-order valence-corrected chi connectivity index (χ4v) is 3.33. The summed E-state index contributed by atoms with van der Waals surface area (Å²) in [6.07, 6.45) is 3.21. The van der Waals surface area contributed by atoms with E-state index in [-0.39, 0.29) is 0 Å². The normalized spacial score (nSPS) is 14.2. The second-order valence-electron chi connectivity index (χ2n) is 5.73. The first-order valence-electron chi connectivity index (χ1n) is 8.23. The summed E-state index contributed by atoms with van der Waals surface area (Å²) in [4.78, 5) is 23.9. The summed E-state index contributed by atoms with van der Waals surface area (Å²) in [5, 5.41) is 17.7. The summed E-state index contributed by atoms with van der Waals surface area (Å²) in [5.41, 5.74) is 1.38. The molecule has 0 radical (unpaired) electrons. The van der Waals surface area contributed by atoms with Crippen LogP contribution in [0.4, 0.5) is 22.2 Å². The maximum Gasteiger partial charge on any atom is 0.324 e. The highest BCUT2D eigenvalue weighted by Gasteiger charge is 2.13. The molecule has 0 atom stereocenters. The average molecular weight is 370 g/mol. The lowest BCUT2D eigenvalue weighted by Gasteiger charge is -2.27. The number of aromatic amines is 1. The van der Waals surface area contributed by atoms with E-state index in [0.717, 1.165) is 36.8 Å². The lowest BCUT2D eigenvalue weighted by atomic mass is 10.3. The van der Waals surface area contributed by atoms with Crippen molar-refractivity contribution in [1.82, 2.24) is 25.5 Å². The number of H-pyrrole nitrogens is 1. The number of piperazine rings is 1. The van der Waals surface area contributed by atoms with Gasteiger partial charge in [0.1, 0.15) is 0 Å². The number of hydrogen-bond acceptors (Lipinski definition) is 7. The molecule has 3 aromatic heterocycles. The molecule has 9 nitrogen and oxygen atoms in total. The van der Waals surface area contributed by atoms with Crippen LogP contribution in [0.3, 0.4) is 0 Å². The fourth-order valence-electron chi connectivity index (χ4n) is 2.64. The fraction of sp³-hybridized carbons (Fsp3) is 0.250. The first-order valence-corrected chi connectivity index (χ1v) is 9.11. The van der Waals surface area contributed by atoms with Gasteiger partial charge in [0.15, 0.2) is 5.82 Å². The minimum atomic E-state index is -0.396. The molecule has 0 bridgehead atoms. The van der Waals surface area contributed by atoms with E-state index in [1.165, 1.54) is 0 Å². The Morgan fingerprint density at radius 3 is 2.73 bits per heavy atom. The zero-order valence-corrected chi connectivity index (χ0v) is 14.7. The molecule has 3 aromatic rings. The molecule has 0 unspecified atom stereocenters. The molecule has 134 valence electrons. The number of hydrogen-bond donors (Lipinski definition) is 4. The van der Waals surface area contributed by atoms with Crippen molar-refractivity contribution >= 4 is 34.8 Å². The predicted octanol–water partition coefficient (Wildman–Crippen LogP) is 1.98. The highest BCUT2D eigenvalue weighted by Crippen LogP contribution is 2.24. The Morgan fingerprint density at radius 2 is 2.00 bits per heavy atom. The molecule has 1 fully saturated rings. The second-order valence-corrected chi connectivity index (χ2v) is 6.68. The molecule has 4 rings (SSSR count). The molecule has 0 spiro atoms. The topological polar surface area (TPSA) is 111 Å². The van der Waals surface area contributed by atoms with Gasteiger partial charge in [-0.15, -0.1) is 11.3 Å². The average Bonchev–Trinajstić information content (AvgIpc) is 3.35. The number of anilines is 3. The van der Waals surface area contributed by atoms with Gasteiger partial charge < -0.3 is 15.5 Å². The van der Waals surface area contributed by atoms with Gasteiger partial charge in [0, 0.05) is 32.2 Å². The summed E-state index contributed by atoms with van der Waals surface area (Å²) < 4.78 is 0. The van der Waals surface area contributed by atoms with Gasteiger partial charge in [0.2, 0.25) is 5.95 Å². The lowest BCUT2D eigenvalue weighted by molar-refractivity contribution is 0.262. The number of urea groups is 1. The number of rotatable bonds is 4. The van der Waals surface area contributed by atoms with Crippen LogP contribution in [0.25, 0.3) is 10.6 Å². The van der Waals surface area contributed by atoms with Crippen molar-refractivity contribution in [2.24, 2.45) is 0 Å². The number of aromatic nitrogens is 4. The largest absolute Gasteiger partial charge is 0.338 e. The number of thiophene rings is 1. The summed E-state index contributed by atoms with van der Waals surface area (Å²) in [6, 6.07) is 5.34. The molecule has 0 saturated carbocycles. The zero-order valence-electron chi connectivity index (χ0n) is 13.9. The summed E-state index contributed by atoms with van der Waals surface area (Å²) >= 11 is 1.60. The van der Waals surface area contributed by atoms with Gasteiger partial charge in [-0.3, -0.25) is 10.4 Å². The minimum absolute atomic E-state index is 0.396. The van der Waals surface area contributed by atoms with Crippen molar-refractivity contribution in [3.63, 3.8) is 0 Å². The molecular weight excluding hydrogens is 352 g/mol. The molecule has 0 aromatic carbocycles. The molecule has 26 heavy (non-hydrogen) atoms. The van der Waals surface area contributed by atoms with Gasteiger partial charge in [-0.05, 0) is 11.4 Å². The molecule has 10 heteroatoms. The maximum absolute atomic E-state index is 12.1. The summed E-state index contributed by atoms with van der Waals surface area (Å²) in [7, 11) is 0. The third-order valence-corrected chi connectivity index (χ3v) is 4.81. The molecule has 4 heterocycles. The molecule has 1 aliphatic heterocycles. The molecule has 4 N–H and O–H groups in total. The van der Waals surface area contributed by atoms with Crippen molar-refractivity contribution in [3.05, 3.63) is 36.0 Å². The van der Waals surface area contributed by atoms with Crippen molar-refractivity contribution in [1.29, 1.82) is 0 Å². The highest BCUT2D eigenvalue weighted by atomic mass is 32.1. The summed E-state index contributed by atoms with van der Waals surface area (Å²) in [6.45, 7) is 3.59. The SMILES string of the molecule is O=C(Nc1cnc(N2CCNCC2)nc1)Nc1cc(-c2cccs2)[nH]n1. The number of nitrogens with zero attached hydrogens (tertiary/aromatic N) is 4. The molecule has 2 amide bonds. The minimum Gasteiger partial charge on any atom is -0.338 e. The molecule has 1 aliphatic rings. The van der Waals surface area contributed by atoms with Crippen molar-refractivity contribution in [2.45, 2.75) is 0 Å². The molecule has 1 saturated heterocycles. The van der Waals surface area contributed by atoms with Crippen molar-refractivity contribution < 1.29 is 4.79 Å². The Bertz CT molecular complexity index is 855. The predicted molar refractivity (Wildman–Crippen MR) is 102 cm³/mol. The van der Waals surface area contributed by atoms with E-state index < -0.39 is 6.03 Å². The van der Waals surface area contributed by atoms with Crippen molar-refractivity contribution in [3.8, 4) is 10.6 Å². The molecule has 0 aliphatic carbocycles. The Morgan fingerprint density at radius 1 is 1.19 bits per heavy atom. The Balaban J connectivity index is 1.34.